The van der Waals surface area contributed by atoms with E-state index in [4.69, 9.17) is 5.11 Å². The molecule has 1 unspecified atom stereocenters. The highest BCUT2D eigenvalue weighted by Gasteiger charge is 2.23. The summed E-state index contributed by atoms with van der Waals surface area (Å²) >= 11 is 0. The highest BCUT2D eigenvalue weighted by Crippen LogP contribution is 2.25. The first kappa shape index (κ1) is 14.7. The first-order chi connectivity index (χ1) is 8.29. The van der Waals surface area contributed by atoms with Crippen LogP contribution < -0.4 is 0 Å². The van der Waals surface area contributed by atoms with Crippen molar-refractivity contribution in [2.45, 2.75) is 31.6 Å². The van der Waals surface area contributed by atoms with Gasteiger partial charge < -0.3 is 5.11 Å². The van der Waals surface area contributed by atoms with Gasteiger partial charge in [0.05, 0.1) is 16.6 Å². The molecule has 4 nitrogen and oxygen atoms in total. The lowest BCUT2D eigenvalue weighted by Gasteiger charge is -2.16. The van der Waals surface area contributed by atoms with E-state index in [9.17, 15) is 13.2 Å². The molecule has 0 saturated heterocycles. The second-order valence-electron chi connectivity index (χ2n) is 4.53. The van der Waals surface area contributed by atoms with Crippen molar-refractivity contribution in [2.75, 3.05) is 5.75 Å². The van der Waals surface area contributed by atoms with Crippen LogP contribution in [0.1, 0.15) is 32.3 Å². The number of hydrogen-bond acceptors (Lipinski definition) is 3. The molecule has 100 valence electrons. The van der Waals surface area contributed by atoms with E-state index in [1.54, 1.807) is 19.1 Å². The summed E-state index contributed by atoms with van der Waals surface area (Å²) in [6.45, 7) is 5.24. The van der Waals surface area contributed by atoms with Gasteiger partial charge in [0.15, 0.2) is 9.84 Å². The van der Waals surface area contributed by atoms with Crippen LogP contribution in [0.3, 0.4) is 0 Å². The third-order valence-corrected chi connectivity index (χ3v) is 4.66. The molecule has 18 heavy (non-hydrogen) atoms. The molecule has 0 aliphatic rings. The Morgan fingerprint density at radius 1 is 1.22 bits per heavy atom. The number of aliphatic carboxylic acids is 1. The van der Waals surface area contributed by atoms with Gasteiger partial charge >= 0.3 is 5.97 Å². The Bertz CT molecular complexity index is 514. The van der Waals surface area contributed by atoms with Crippen LogP contribution in [-0.2, 0) is 14.6 Å². The van der Waals surface area contributed by atoms with Gasteiger partial charge in [-0.05, 0) is 23.6 Å². The van der Waals surface area contributed by atoms with E-state index < -0.39 is 21.7 Å². The molecular weight excluding hydrogens is 252 g/mol. The standard InChI is InChI=1S/C13H18O4S/c1-4-18(16,17)11-7-5-10(6-8-11)12(9(2)3)13(14)15/h5-9,12H,4H2,1-3H3,(H,14,15). The zero-order chi connectivity index (χ0) is 13.9. The first-order valence-corrected chi connectivity index (χ1v) is 7.50. The summed E-state index contributed by atoms with van der Waals surface area (Å²) < 4.78 is 23.3. The van der Waals surface area contributed by atoms with Crippen molar-refractivity contribution in [3.05, 3.63) is 29.8 Å². The van der Waals surface area contributed by atoms with Gasteiger partial charge in [0.1, 0.15) is 0 Å². The molecule has 0 aliphatic heterocycles. The number of sulfone groups is 1. The molecule has 1 N–H and O–H groups in total. The summed E-state index contributed by atoms with van der Waals surface area (Å²) in [7, 11) is -3.23. The number of carbonyl (C=O) groups is 1. The number of benzene rings is 1. The van der Waals surface area contributed by atoms with Crippen LogP contribution in [0.2, 0.25) is 0 Å². The molecule has 0 bridgehead atoms. The summed E-state index contributed by atoms with van der Waals surface area (Å²) in [5, 5.41) is 9.15. The average Bonchev–Trinajstić information content (AvgIpc) is 2.29. The van der Waals surface area contributed by atoms with E-state index in [-0.39, 0.29) is 16.6 Å². The lowest BCUT2D eigenvalue weighted by molar-refractivity contribution is -0.139. The molecule has 0 amide bonds. The minimum absolute atomic E-state index is 0.0406. The lowest BCUT2D eigenvalue weighted by Crippen LogP contribution is -2.17. The monoisotopic (exact) mass is 270 g/mol. The van der Waals surface area contributed by atoms with E-state index in [2.05, 4.69) is 0 Å². The maximum atomic E-state index is 11.6. The highest BCUT2D eigenvalue weighted by atomic mass is 32.2. The van der Waals surface area contributed by atoms with Gasteiger partial charge in [-0.25, -0.2) is 8.42 Å². The third kappa shape index (κ3) is 3.10. The third-order valence-electron chi connectivity index (χ3n) is 2.91. The van der Waals surface area contributed by atoms with Crippen molar-refractivity contribution < 1.29 is 18.3 Å². The quantitative estimate of drug-likeness (QED) is 0.891. The van der Waals surface area contributed by atoms with Gasteiger partial charge in [0.2, 0.25) is 0 Å². The Labute approximate surface area is 108 Å². The van der Waals surface area contributed by atoms with Crippen molar-refractivity contribution in [1.29, 1.82) is 0 Å². The largest absolute Gasteiger partial charge is 0.481 e. The summed E-state index contributed by atoms with van der Waals surface area (Å²) in [5.74, 6) is -1.51. The van der Waals surface area contributed by atoms with Crippen molar-refractivity contribution in [3.63, 3.8) is 0 Å². The minimum Gasteiger partial charge on any atom is -0.481 e. The smallest absolute Gasteiger partial charge is 0.311 e. The maximum Gasteiger partial charge on any atom is 0.311 e. The zero-order valence-corrected chi connectivity index (χ0v) is 11.6. The molecule has 0 aliphatic carbocycles. The second-order valence-corrected chi connectivity index (χ2v) is 6.81. The Morgan fingerprint density at radius 2 is 1.72 bits per heavy atom. The molecule has 5 heteroatoms. The van der Waals surface area contributed by atoms with Crippen LogP contribution in [0.4, 0.5) is 0 Å². The first-order valence-electron chi connectivity index (χ1n) is 5.85. The van der Waals surface area contributed by atoms with Gasteiger partial charge in [-0.15, -0.1) is 0 Å². The predicted molar refractivity (Wildman–Crippen MR) is 69.4 cm³/mol. The molecule has 1 aromatic carbocycles. The van der Waals surface area contributed by atoms with Crippen molar-refractivity contribution in [1.82, 2.24) is 0 Å². The fourth-order valence-corrected chi connectivity index (χ4v) is 2.75. The second kappa shape index (κ2) is 5.52. The number of rotatable bonds is 5. The van der Waals surface area contributed by atoms with Crippen molar-refractivity contribution in [2.24, 2.45) is 5.92 Å². The predicted octanol–water partition coefficient (Wildman–Crippen LogP) is 2.30. The molecule has 0 spiro atoms. The van der Waals surface area contributed by atoms with E-state index in [1.807, 2.05) is 13.8 Å². The van der Waals surface area contributed by atoms with E-state index in [1.165, 1.54) is 12.1 Å². The number of carboxylic acid groups (broad SMARTS) is 1. The van der Waals surface area contributed by atoms with Crippen LogP contribution in [0, 0.1) is 5.92 Å². The molecule has 0 heterocycles. The lowest BCUT2D eigenvalue weighted by atomic mass is 9.89. The van der Waals surface area contributed by atoms with Crippen LogP contribution >= 0.6 is 0 Å². The van der Waals surface area contributed by atoms with Crippen LogP contribution in [0.25, 0.3) is 0 Å². The molecule has 0 radical (unpaired) electrons. The number of carboxylic acids is 1. The van der Waals surface area contributed by atoms with Crippen LogP contribution in [-0.4, -0.2) is 25.2 Å². The minimum atomic E-state index is -3.23. The molecule has 1 rings (SSSR count). The van der Waals surface area contributed by atoms with Gasteiger partial charge in [-0.2, -0.15) is 0 Å². The van der Waals surface area contributed by atoms with Gasteiger partial charge in [0.25, 0.3) is 0 Å². The zero-order valence-electron chi connectivity index (χ0n) is 10.8. The Kier molecular flexibility index (Phi) is 4.51. The van der Waals surface area contributed by atoms with Gasteiger partial charge in [0, 0.05) is 0 Å². The molecule has 0 saturated carbocycles. The molecule has 0 fully saturated rings. The van der Waals surface area contributed by atoms with Gasteiger partial charge in [-0.3, -0.25) is 4.79 Å². The summed E-state index contributed by atoms with van der Waals surface area (Å²) in [5.41, 5.74) is 0.632. The molecule has 0 aromatic heterocycles. The SMILES string of the molecule is CCS(=O)(=O)c1ccc(C(C(=O)O)C(C)C)cc1. The Morgan fingerprint density at radius 3 is 2.06 bits per heavy atom. The maximum absolute atomic E-state index is 11.6. The average molecular weight is 270 g/mol. The number of hydrogen-bond donors (Lipinski definition) is 1. The van der Waals surface area contributed by atoms with Crippen molar-refractivity contribution >= 4 is 15.8 Å². The van der Waals surface area contributed by atoms with Crippen LogP contribution in [0.5, 0.6) is 0 Å². The van der Waals surface area contributed by atoms with Gasteiger partial charge in [-0.1, -0.05) is 32.9 Å². The van der Waals surface area contributed by atoms with Crippen molar-refractivity contribution in [3.8, 4) is 0 Å². The normalized spacial score (nSPS) is 13.6. The van der Waals surface area contributed by atoms with E-state index >= 15 is 0 Å². The fraction of sp³-hybridized carbons (Fsp3) is 0.462. The highest BCUT2D eigenvalue weighted by molar-refractivity contribution is 7.91. The summed E-state index contributed by atoms with van der Waals surface area (Å²) in [4.78, 5) is 11.4. The Balaban J connectivity index is 3.13. The van der Waals surface area contributed by atoms with E-state index in [0.29, 0.717) is 5.56 Å². The molecular formula is C13H18O4S. The van der Waals surface area contributed by atoms with Crippen LogP contribution in [0.15, 0.2) is 29.2 Å². The summed E-state index contributed by atoms with van der Waals surface area (Å²) in [6, 6.07) is 6.13. The topological polar surface area (TPSA) is 71.4 Å². The fourth-order valence-electron chi connectivity index (χ4n) is 1.86. The summed E-state index contributed by atoms with van der Waals surface area (Å²) in [6.07, 6.45) is 0. The van der Waals surface area contributed by atoms with E-state index in [0.717, 1.165) is 0 Å². The Hall–Kier alpha value is -1.36. The molecule has 1 aromatic rings. The molecule has 1 atom stereocenters.